The molecule has 1 saturated heterocycles. The van der Waals surface area contributed by atoms with Gasteiger partial charge < -0.3 is 14.2 Å². The summed E-state index contributed by atoms with van der Waals surface area (Å²) >= 11 is 6.35. The van der Waals surface area contributed by atoms with Crippen molar-refractivity contribution < 1.29 is 23.8 Å². The number of aromatic nitrogens is 4. The molecule has 3 aliphatic heterocycles. The van der Waals surface area contributed by atoms with Gasteiger partial charge in [-0.2, -0.15) is 0 Å². The molecule has 0 amide bonds. The van der Waals surface area contributed by atoms with Crippen LogP contribution in [0.3, 0.4) is 0 Å². The fraction of sp³-hybridized carbons (Fsp3) is 0.500. The zero-order valence-electron chi connectivity index (χ0n) is 13.0. The van der Waals surface area contributed by atoms with Crippen LogP contribution in [-0.2, 0) is 23.8 Å². The minimum atomic E-state index is -0.699. The summed E-state index contributed by atoms with van der Waals surface area (Å²) in [5.41, 5.74) is 0.424. The van der Waals surface area contributed by atoms with Crippen LogP contribution >= 0.6 is 11.6 Å². The second-order valence-electron chi connectivity index (χ2n) is 5.32. The van der Waals surface area contributed by atoms with Gasteiger partial charge in [-0.15, -0.1) is 0 Å². The molecule has 0 spiro atoms. The number of rotatable bonds is 4. The summed E-state index contributed by atoms with van der Waals surface area (Å²) in [6.07, 6.45) is 1.47. The maximum atomic E-state index is 11.4. The lowest BCUT2D eigenvalue weighted by Gasteiger charge is -2.22. The van der Waals surface area contributed by atoms with E-state index in [1.54, 1.807) is 0 Å². The van der Waals surface area contributed by atoms with E-state index in [4.69, 9.17) is 25.8 Å². The number of carbonyl (C=O) groups is 2. The van der Waals surface area contributed by atoms with Crippen molar-refractivity contribution in [1.82, 2.24) is 19.5 Å². The van der Waals surface area contributed by atoms with Gasteiger partial charge in [-0.3, -0.25) is 14.2 Å². The van der Waals surface area contributed by atoms with Gasteiger partial charge in [0.1, 0.15) is 36.2 Å². The van der Waals surface area contributed by atoms with Gasteiger partial charge in [0.05, 0.1) is 6.10 Å². The summed E-state index contributed by atoms with van der Waals surface area (Å²) in [4.78, 5) is 34.5. The Hall–Kier alpha value is -2.26. The SMILES string of the molecule is CC(=O)OC[C@@H]1C[C@@H](OC(C)=O)[C@H](n2cnc3ncnc-3c2Cl)O1. The number of ether oxygens (including phenoxy) is 3. The summed E-state index contributed by atoms with van der Waals surface area (Å²) in [5, 5.41) is 0.271. The monoisotopic (exact) mass is 354 g/mol. The highest BCUT2D eigenvalue weighted by Gasteiger charge is 2.40. The van der Waals surface area contributed by atoms with E-state index in [1.165, 1.54) is 31.1 Å². The average Bonchev–Trinajstić information content (AvgIpc) is 3.12. The van der Waals surface area contributed by atoms with Gasteiger partial charge in [0, 0.05) is 20.3 Å². The first-order valence-electron chi connectivity index (χ1n) is 7.24. The first kappa shape index (κ1) is 16.6. The molecule has 0 bridgehead atoms. The molecule has 3 rings (SSSR count). The van der Waals surface area contributed by atoms with E-state index in [9.17, 15) is 9.59 Å². The van der Waals surface area contributed by atoms with Gasteiger partial charge in [-0.05, 0) is 0 Å². The number of halogens is 1. The standard InChI is InChI=1S/C14H15ClN4O5/c1-7(20)22-4-9-3-10(23-8(2)21)14(24-9)19-6-18-13-11(12(19)15)16-5-17-13/h5-6,9-10,14H,3-4H2,1-2H3/t9-,10+,14+/m0/s1. The molecule has 24 heavy (non-hydrogen) atoms. The highest BCUT2D eigenvalue weighted by atomic mass is 35.5. The Morgan fingerprint density at radius 3 is 2.83 bits per heavy atom. The van der Waals surface area contributed by atoms with Crippen molar-refractivity contribution in [2.24, 2.45) is 0 Å². The minimum absolute atomic E-state index is 0.0631. The van der Waals surface area contributed by atoms with Crippen LogP contribution in [0.4, 0.5) is 0 Å². The van der Waals surface area contributed by atoms with Gasteiger partial charge in [0.15, 0.2) is 12.1 Å². The Balaban J connectivity index is 1.87. The summed E-state index contributed by atoms with van der Waals surface area (Å²) < 4.78 is 17.7. The molecule has 1 fully saturated rings. The van der Waals surface area contributed by atoms with Gasteiger partial charge in [-0.1, -0.05) is 11.6 Å². The van der Waals surface area contributed by atoms with Gasteiger partial charge in [0.25, 0.3) is 0 Å². The maximum absolute atomic E-state index is 11.4. The smallest absolute Gasteiger partial charge is 0.303 e. The molecule has 0 radical (unpaired) electrons. The highest BCUT2D eigenvalue weighted by Crippen LogP contribution is 2.36. The van der Waals surface area contributed by atoms with E-state index < -0.39 is 30.4 Å². The van der Waals surface area contributed by atoms with E-state index in [0.29, 0.717) is 17.9 Å². The third kappa shape index (κ3) is 3.31. The molecule has 10 heteroatoms. The Morgan fingerprint density at radius 1 is 1.33 bits per heavy atom. The maximum Gasteiger partial charge on any atom is 0.303 e. The molecule has 0 aliphatic carbocycles. The molecule has 3 heterocycles. The lowest BCUT2D eigenvalue weighted by atomic mass is 10.2. The molecule has 9 nitrogen and oxygen atoms in total. The van der Waals surface area contributed by atoms with E-state index in [0.717, 1.165) is 0 Å². The molecule has 0 N–H and O–H groups in total. The van der Waals surface area contributed by atoms with Crippen LogP contribution in [0.15, 0.2) is 12.7 Å². The number of esters is 2. The Labute approximate surface area is 142 Å². The van der Waals surface area contributed by atoms with Crippen molar-refractivity contribution in [3.63, 3.8) is 0 Å². The van der Waals surface area contributed by atoms with Crippen LogP contribution in [0.1, 0.15) is 26.5 Å². The van der Waals surface area contributed by atoms with Crippen molar-refractivity contribution in [1.29, 1.82) is 0 Å². The van der Waals surface area contributed by atoms with E-state index >= 15 is 0 Å². The first-order valence-corrected chi connectivity index (χ1v) is 7.62. The van der Waals surface area contributed by atoms with Gasteiger partial charge in [-0.25, -0.2) is 15.0 Å². The molecule has 128 valence electrons. The topological polar surface area (TPSA) is 105 Å². The lowest BCUT2D eigenvalue weighted by molar-refractivity contribution is -0.153. The van der Waals surface area contributed by atoms with Crippen LogP contribution in [-0.4, -0.2) is 50.3 Å². The number of hydrogen-bond acceptors (Lipinski definition) is 8. The second kappa shape index (κ2) is 6.70. The Morgan fingerprint density at radius 2 is 2.12 bits per heavy atom. The largest absolute Gasteiger partial charge is 0.463 e. The lowest BCUT2D eigenvalue weighted by Crippen LogP contribution is -2.25. The molecule has 3 aliphatic rings. The van der Waals surface area contributed by atoms with Crippen molar-refractivity contribution >= 4 is 23.5 Å². The van der Waals surface area contributed by atoms with E-state index in [-0.39, 0.29) is 11.8 Å². The third-order valence-corrected chi connectivity index (χ3v) is 3.89. The zero-order valence-corrected chi connectivity index (χ0v) is 13.8. The van der Waals surface area contributed by atoms with Crippen LogP contribution in [0, 0.1) is 0 Å². The normalized spacial score (nSPS) is 23.4. The summed E-state index contributed by atoms with van der Waals surface area (Å²) in [7, 11) is 0. The molecule has 0 unspecified atom stereocenters. The fourth-order valence-electron chi connectivity index (χ4n) is 2.57. The average molecular weight is 355 g/mol. The van der Waals surface area contributed by atoms with Crippen molar-refractivity contribution in [3.05, 3.63) is 17.8 Å². The third-order valence-electron chi connectivity index (χ3n) is 3.51. The number of carbonyl (C=O) groups excluding carboxylic acids is 2. The quantitative estimate of drug-likeness (QED) is 0.596. The predicted molar refractivity (Wildman–Crippen MR) is 80.2 cm³/mol. The molecule has 0 aromatic heterocycles. The van der Waals surface area contributed by atoms with Crippen LogP contribution < -0.4 is 0 Å². The second-order valence-corrected chi connectivity index (χ2v) is 5.68. The number of hydrogen-bond donors (Lipinski definition) is 0. The number of nitrogens with zero attached hydrogens (tertiary/aromatic N) is 4. The zero-order chi connectivity index (χ0) is 17.3. The van der Waals surface area contributed by atoms with Gasteiger partial charge >= 0.3 is 11.9 Å². The molecule has 3 atom stereocenters. The molecular formula is C14H15ClN4O5. The van der Waals surface area contributed by atoms with Crippen LogP contribution in [0.2, 0.25) is 5.15 Å². The molecular weight excluding hydrogens is 340 g/mol. The number of fused-ring (bicyclic) bond motifs is 1. The van der Waals surface area contributed by atoms with Crippen LogP contribution in [0.25, 0.3) is 11.5 Å². The Bertz CT molecular complexity index is 736. The van der Waals surface area contributed by atoms with Crippen molar-refractivity contribution in [2.45, 2.75) is 38.7 Å². The summed E-state index contributed by atoms with van der Waals surface area (Å²) in [5.74, 6) is -0.442. The highest BCUT2D eigenvalue weighted by molar-refractivity contribution is 6.31. The molecule has 0 aromatic carbocycles. The van der Waals surface area contributed by atoms with E-state index in [2.05, 4.69) is 15.0 Å². The fourth-order valence-corrected chi connectivity index (χ4v) is 2.84. The number of imidazole rings is 1. The van der Waals surface area contributed by atoms with Crippen molar-refractivity contribution in [3.8, 4) is 11.5 Å². The summed E-state index contributed by atoms with van der Waals surface area (Å²) in [6, 6.07) is 0. The summed E-state index contributed by atoms with van der Waals surface area (Å²) in [6.45, 7) is 2.69. The van der Waals surface area contributed by atoms with Crippen molar-refractivity contribution in [2.75, 3.05) is 6.61 Å². The Kier molecular flexibility index (Phi) is 4.63. The predicted octanol–water partition coefficient (Wildman–Crippen LogP) is 1.21. The van der Waals surface area contributed by atoms with Gasteiger partial charge in [0.2, 0.25) is 0 Å². The molecule has 0 saturated carbocycles. The first-order chi connectivity index (χ1) is 11.5. The van der Waals surface area contributed by atoms with E-state index in [1.807, 2.05) is 0 Å². The minimum Gasteiger partial charge on any atom is -0.463 e. The van der Waals surface area contributed by atoms with Crippen LogP contribution in [0.5, 0.6) is 0 Å². The molecule has 0 aromatic rings.